The van der Waals surface area contributed by atoms with E-state index in [0.29, 0.717) is 12.0 Å². The molecular weight excluding hydrogens is 274 g/mol. The molecule has 0 bridgehead atoms. The fourth-order valence-corrected chi connectivity index (χ4v) is 2.13. The first-order valence-corrected chi connectivity index (χ1v) is 7.72. The highest BCUT2D eigenvalue weighted by atomic mass is 32.2. The van der Waals surface area contributed by atoms with Crippen molar-refractivity contribution in [2.75, 3.05) is 12.8 Å². The summed E-state index contributed by atoms with van der Waals surface area (Å²) in [6.07, 6.45) is 2.41. The molecule has 1 unspecified atom stereocenters. The van der Waals surface area contributed by atoms with Gasteiger partial charge in [-0.05, 0) is 44.2 Å². The van der Waals surface area contributed by atoms with Gasteiger partial charge in [0.25, 0.3) is 5.91 Å². The summed E-state index contributed by atoms with van der Waals surface area (Å²) in [4.78, 5) is 24.4. The van der Waals surface area contributed by atoms with E-state index in [4.69, 9.17) is 0 Å². The van der Waals surface area contributed by atoms with Gasteiger partial charge in [0.15, 0.2) is 0 Å². The number of benzene rings is 1. The van der Waals surface area contributed by atoms with Crippen molar-refractivity contribution in [3.63, 3.8) is 0 Å². The predicted octanol–water partition coefficient (Wildman–Crippen LogP) is 2.95. The average molecular weight is 295 g/mol. The molecule has 0 aliphatic rings. The summed E-state index contributed by atoms with van der Waals surface area (Å²) >= 11 is 1.57. The monoisotopic (exact) mass is 295 g/mol. The lowest BCUT2D eigenvalue weighted by atomic mass is 9.87. The zero-order valence-electron chi connectivity index (χ0n) is 12.3. The summed E-state index contributed by atoms with van der Waals surface area (Å²) in [5.41, 5.74) is 0.551. The minimum absolute atomic E-state index is 0.126. The van der Waals surface area contributed by atoms with Crippen LogP contribution in [0.2, 0.25) is 0 Å². The van der Waals surface area contributed by atoms with E-state index in [1.165, 1.54) is 0 Å². The number of hydrogen-bond acceptors (Lipinski definition) is 3. The Labute approximate surface area is 124 Å². The summed E-state index contributed by atoms with van der Waals surface area (Å²) in [5, 5.41) is 11.9. The number of carboxylic acids is 1. The van der Waals surface area contributed by atoms with E-state index < -0.39 is 11.4 Å². The Morgan fingerprint density at radius 3 is 2.55 bits per heavy atom. The average Bonchev–Trinajstić information content (AvgIpc) is 2.44. The Hall–Kier alpha value is -1.49. The van der Waals surface area contributed by atoms with Crippen molar-refractivity contribution in [3.8, 4) is 0 Å². The van der Waals surface area contributed by atoms with Gasteiger partial charge in [0.2, 0.25) is 0 Å². The number of amides is 1. The number of carboxylic acid groups (broad SMARTS) is 1. The van der Waals surface area contributed by atoms with Crippen molar-refractivity contribution in [3.05, 3.63) is 29.3 Å². The van der Waals surface area contributed by atoms with Crippen molar-refractivity contribution in [1.29, 1.82) is 0 Å². The molecule has 20 heavy (non-hydrogen) atoms. The number of aliphatic carboxylic acids is 1. The molecule has 4 nitrogen and oxygen atoms in total. The van der Waals surface area contributed by atoms with Crippen molar-refractivity contribution in [2.45, 2.75) is 32.1 Å². The largest absolute Gasteiger partial charge is 0.481 e. The van der Waals surface area contributed by atoms with Crippen LogP contribution < -0.4 is 5.32 Å². The Morgan fingerprint density at radius 1 is 1.40 bits per heavy atom. The molecule has 0 saturated heterocycles. The molecule has 1 atom stereocenters. The first-order valence-electron chi connectivity index (χ1n) is 6.50. The SMILES string of the molecule is CCC(C)(CNC(=O)c1cc(SC)ccc1C)C(=O)O. The fourth-order valence-electron chi connectivity index (χ4n) is 1.70. The van der Waals surface area contributed by atoms with Crippen LogP contribution in [0.3, 0.4) is 0 Å². The number of rotatable bonds is 6. The molecule has 110 valence electrons. The fraction of sp³-hybridized carbons (Fsp3) is 0.467. The Morgan fingerprint density at radius 2 is 2.05 bits per heavy atom. The lowest BCUT2D eigenvalue weighted by Crippen LogP contribution is -2.40. The maximum absolute atomic E-state index is 12.2. The molecule has 1 amide bonds. The predicted molar refractivity (Wildman–Crippen MR) is 81.3 cm³/mol. The van der Waals surface area contributed by atoms with Crippen LogP contribution in [0.15, 0.2) is 23.1 Å². The minimum Gasteiger partial charge on any atom is -0.481 e. The van der Waals surface area contributed by atoms with E-state index in [1.54, 1.807) is 25.6 Å². The van der Waals surface area contributed by atoms with Crippen molar-refractivity contribution >= 4 is 23.6 Å². The maximum Gasteiger partial charge on any atom is 0.311 e. The second-order valence-electron chi connectivity index (χ2n) is 5.08. The Kier molecular flexibility index (Phi) is 5.62. The highest BCUT2D eigenvalue weighted by Crippen LogP contribution is 2.22. The van der Waals surface area contributed by atoms with Gasteiger partial charge < -0.3 is 10.4 Å². The second-order valence-corrected chi connectivity index (χ2v) is 5.96. The smallest absolute Gasteiger partial charge is 0.311 e. The number of carbonyl (C=O) groups is 2. The quantitative estimate of drug-likeness (QED) is 0.792. The molecule has 0 radical (unpaired) electrons. The molecule has 0 saturated carbocycles. The van der Waals surface area contributed by atoms with E-state index in [9.17, 15) is 14.7 Å². The normalized spacial score (nSPS) is 13.6. The third-order valence-corrected chi connectivity index (χ3v) is 4.35. The molecule has 0 spiro atoms. The first-order chi connectivity index (χ1) is 9.34. The van der Waals surface area contributed by atoms with Gasteiger partial charge in [0, 0.05) is 17.0 Å². The van der Waals surface area contributed by atoms with E-state index in [0.717, 1.165) is 10.5 Å². The number of nitrogens with one attached hydrogen (secondary N) is 1. The molecule has 2 N–H and O–H groups in total. The molecule has 0 fully saturated rings. The third kappa shape index (κ3) is 3.76. The molecule has 1 aromatic carbocycles. The van der Waals surface area contributed by atoms with Crippen LogP contribution in [0.4, 0.5) is 0 Å². The van der Waals surface area contributed by atoms with Gasteiger partial charge >= 0.3 is 5.97 Å². The second kappa shape index (κ2) is 6.79. The molecule has 0 aliphatic carbocycles. The first kappa shape index (κ1) is 16.6. The highest BCUT2D eigenvalue weighted by molar-refractivity contribution is 7.98. The zero-order chi connectivity index (χ0) is 15.3. The summed E-state index contributed by atoms with van der Waals surface area (Å²) in [7, 11) is 0. The molecular formula is C15H21NO3S. The summed E-state index contributed by atoms with van der Waals surface area (Å²) in [5.74, 6) is -1.12. The molecule has 1 aromatic rings. The lowest BCUT2D eigenvalue weighted by Gasteiger charge is -2.23. The number of hydrogen-bond donors (Lipinski definition) is 2. The van der Waals surface area contributed by atoms with Gasteiger partial charge in [-0.2, -0.15) is 0 Å². The standard InChI is InChI=1S/C15H21NO3S/c1-5-15(3,14(18)19)9-16-13(17)12-8-11(20-4)7-6-10(12)2/h6-8H,5,9H2,1-4H3,(H,16,17)(H,18,19). The van der Waals surface area contributed by atoms with Crippen molar-refractivity contribution in [2.24, 2.45) is 5.41 Å². The van der Waals surface area contributed by atoms with Gasteiger partial charge in [-0.25, -0.2) is 0 Å². The molecule has 0 aromatic heterocycles. The van der Waals surface area contributed by atoms with Gasteiger partial charge in [-0.1, -0.05) is 13.0 Å². The van der Waals surface area contributed by atoms with Crippen LogP contribution >= 0.6 is 11.8 Å². The van der Waals surface area contributed by atoms with E-state index >= 15 is 0 Å². The summed E-state index contributed by atoms with van der Waals surface area (Å²) < 4.78 is 0. The maximum atomic E-state index is 12.2. The number of thioether (sulfide) groups is 1. The number of aryl methyl sites for hydroxylation is 1. The summed E-state index contributed by atoms with van der Waals surface area (Å²) in [6, 6.07) is 5.69. The Bertz CT molecular complexity index is 516. The van der Waals surface area contributed by atoms with Crippen molar-refractivity contribution in [1.82, 2.24) is 5.32 Å². The van der Waals surface area contributed by atoms with Crippen LogP contribution in [0.1, 0.15) is 36.2 Å². The van der Waals surface area contributed by atoms with Crippen LogP contribution in [0, 0.1) is 12.3 Å². The third-order valence-electron chi connectivity index (χ3n) is 3.63. The Balaban J connectivity index is 2.84. The van der Waals surface area contributed by atoms with Crippen molar-refractivity contribution < 1.29 is 14.7 Å². The molecule has 1 rings (SSSR count). The van der Waals surface area contributed by atoms with Crippen LogP contribution in [0.5, 0.6) is 0 Å². The topological polar surface area (TPSA) is 66.4 Å². The van der Waals surface area contributed by atoms with Gasteiger partial charge in [0.1, 0.15) is 0 Å². The lowest BCUT2D eigenvalue weighted by molar-refractivity contribution is -0.147. The van der Waals surface area contributed by atoms with Gasteiger partial charge in [-0.3, -0.25) is 9.59 Å². The molecule has 0 heterocycles. The van der Waals surface area contributed by atoms with Crippen LogP contribution in [0.25, 0.3) is 0 Å². The molecule has 5 heteroatoms. The van der Waals surface area contributed by atoms with E-state index in [2.05, 4.69) is 5.32 Å². The van der Waals surface area contributed by atoms with Gasteiger partial charge in [0.05, 0.1) is 5.41 Å². The van der Waals surface area contributed by atoms with Crippen LogP contribution in [-0.4, -0.2) is 29.8 Å². The zero-order valence-corrected chi connectivity index (χ0v) is 13.1. The summed E-state index contributed by atoms with van der Waals surface area (Å²) in [6.45, 7) is 5.44. The van der Waals surface area contributed by atoms with E-state index in [1.807, 2.05) is 31.4 Å². The van der Waals surface area contributed by atoms with Crippen LogP contribution in [-0.2, 0) is 4.79 Å². The highest BCUT2D eigenvalue weighted by Gasteiger charge is 2.31. The van der Waals surface area contributed by atoms with Gasteiger partial charge in [-0.15, -0.1) is 11.8 Å². The number of carbonyl (C=O) groups excluding carboxylic acids is 1. The molecule has 0 aliphatic heterocycles. The van der Waals surface area contributed by atoms with E-state index in [-0.39, 0.29) is 12.5 Å². The minimum atomic E-state index is -0.930.